The molecule has 4 rings (SSSR count). The Bertz CT molecular complexity index is 1070. The van der Waals surface area contributed by atoms with Crippen LogP contribution in [0.1, 0.15) is 16.8 Å². The quantitative estimate of drug-likeness (QED) is 0.458. The molecule has 0 unspecified atom stereocenters. The van der Waals surface area contributed by atoms with E-state index in [9.17, 15) is 0 Å². The summed E-state index contributed by atoms with van der Waals surface area (Å²) in [6.07, 6.45) is 0. The molecule has 2 heteroatoms. The second-order valence-electron chi connectivity index (χ2n) is 6.04. The Labute approximate surface area is 153 Å². The normalized spacial score (nSPS) is 10.2. The van der Waals surface area contributed by atoms with Gasteiger partial charge in [-0.2, -0.15) is 5.10 Å². The second-order valence-corrected chi connectivity index (χ2v) is 6.04. The molecule has 0 amide bonds. The van der Waals surface area contributed by atoms with E-state index in [0.717, 1.165) is 33.8 Å². The van der Waals surface area contributed by atoms with Crippen molar-refractivity contribution >= 4 is 0 Å². The first kappa shape index (κ1) is 15.9. The topological polar surface area (TPSA) is 17.8 Å². The summed E-state index contributed by atoms with van der Waals surface area (Å²) in [5.41, 5.74) is 6.05. The van der Waals surface area contributed by atoms with Gasteiger partial charge in [0.1, 0.15) is 0 Å². The maximum Gasteiger partial charge on any atom is 0.0900 e. The fraction of sp³-hybridized carbons (Fsp3) is 0.0417. The average Bonchev–Trinajstić information content (AvgIpc) is 3.05. The van der Waals surface area contributed by atoms with Crippen LogP contribution >= 0.6 is 0 Å². The van der Waals surface area contributed by atoms with Crippen molar-refractivity contribution in [3.05, 3.63) is 108 Å². The molecule has 0 bridgehead atoms. The summed E-state index contributed by atoms with van der Waals surface area (Å²) in [6, 6.07) is 30.5. The lowest BCUT2D eigenvalue weighted by molar-refractivity contribution is 0.869. The molecule has 0 aliphatic heterocycles. The minimum atomic E-state index is 0.927. The standard InChI is InChI=1S/C24H18N2/c1-19-23(18-17-20-11-5-2-6-12-20)24(21-13-7-3-8-14-21)26(25-19)22-15-9-4-10-16-22/h2-16H,1H3. The monoisotopic (exact) mass is 334 g/mol. The number of hydrogen-bond acceptors (Lipinski definition) is 1. The van der Waals surface area contributed by atoms with Crippen molar-refractivity contribution < 1.29 is 0 Å². The molecule has 0 saturated carbocycles. The van der Waals surface area contributed by atoms with Gasteiger partial charge in [-0.1, -0.05) is 78.6 Å². The Hall–Kier alpha value is -3.57. The zero-order valence-electron chi connectivity index (χ0n) is 14.6. The Morgan fingerprint density at radius 1 is 0.692 bits per heavy atom. The Morgan fingerprint density at radius 2 is 1.27 bits per heavy atom. The lowest BCUT2D eigenvalue weighted by Gasteiger charge is -2.08. The van der Waals surface area contributed by atoms with E-state index in [4.69, 9.17) is 5.10 Å². The van der Waals surface area contributed by atoms with E-state index in [1.54, 1.807) is 0 Å². The molecule has 26 heavy (non-hydrogen) atoms. The molecule has 3 aromatic carbocycles. The molecule has 0 spiro atoms. The lowest BCUT2D eigenvalue weighted by atomic mass is 10.1. The van der Waals surface area contributed by atoms with Gasteiger partial charge in [-0.25, -0.2) is 4.68 Å². The highest BCUT2D eigenvalue weighted by atomic mass is 15.3. The van der Waals surface area contributed by atoms with E-state index in [1.807, 2.05) is 78.3 Å². The highest BCUT2D eigenvalue weighted by Gasteiger charge is 2.16. The lowest BCUT2D eigenvalue weighted by Crippen LogP contribution is -1.99. The van der Waals surface area contributed by atoms with Crippen LogP contribution in [0.2, 0.25) is 0 Å². The predicted molar refractivity (Wildman–Crippen MR) is 106 cm³/mol. The first-order valence-corrected chi connectivity index (χ1v) is 8.60. The third-order valence-electron chi connectivity index (χ3n) is 4.21. The van der Waals surface area contributed by atoms with E-state index < -0.39 is 0 Å². The van der Waals surface area contributed by atoms with Gasteiger partial charge >= 0.3 is 0 Å². The minimum absolute atomic E-state index is 0.927. The van der Waals surface area contributed by atoms with E-state index in [-0.39, 0.29) is 0 Å². The molecule has 0 atom stereocenters. The molecule has 0 radical (unpaired) electrons. The van der Waals surface area contributed by atoms with Gasteiger partial charge in [-0.3, -0.25) is 0 Å². The maximum absolute atomic E-state index is 4.78. The third-order valence-corrected chi connectivity index (χ3v) is 4.21. The SMILES string of the molecule is Cc1nn(-c2ccccc2)c(-c2ccccc2)c1C#Cc1ccccc1. The molecule has 1 aromatic heterocycles. The number of rotatable bonds is 2. The highest BCUT2D eigenvalue weighted by Crippen LogP contribution is 2.28. The number of hydrogen-bond donors (Lipinski definition) is 0. The summed E-state index contributed by atoms with van der Waals surface area (Å²) in [5.74, 6) is 6.63. The molecule has 0 aliphatic carbocycles. The number of benzene rings is 3. The van der Waals surface area contributed by atoms with E-state index in [1.165, 1.54) is 0 Å². The second kappa shape index (κ2) is 7.13. The molecule has 0 saturated heterocycles. The minimum Gasteiger partial charge on any atom is -0.232 e. The molecule has 1 heterocycles. The summed E-state index contributed by atoms with van der Waals surface area (Å²) in [7, 11) is 0. The Kier molecular flexibility index (Phi) is 4.37. The molecule has 4 aromatic rings. The van der Waals surface area contributed by atoms with Crippen LogP contribution in [0, 0.1) is 18.8 Å². The number of aryl methyl sites for hydroxylation is 1. The number of nitrogens with zero attached hydrogens (tertiary/aromatic N) is 2. The van der Waals surface area contributed by atoms with Crippen molar-refractivity contribution in [2.24, 2.45) is 0 Å². The van der Waals surface area contributed by atoms with Gasteiger partial charge < -0.3 is 0 Å². The van der Waals surface area contributed by atoms with Crippen LogP contribution in [0.4, 0.5) is 0 Å². The summed E-state index contributed by atoms with van der Waals surface area (Å²) >= 11 is 0. The van der Waals surface area contributed by atoms with Gasteiger partial charge in [0.2, 0.25) is 0 Å². The summed E-state index contributed by atoms with van der Waals surface area (Å²) in [5, 5.41) is 4.78. The summed E-state index contributed by atoms with van der Waals surface area (Å²) in [6.45, 7) is 2.01. The fourth-order valence-corrected chi connectivity index (χ4v) is 2.95. The maximum atomic E-state index is 4.78. The van der Waals surface area contributed by atoms with Gasteiger partial charge in [-0.15, -0.1) is 0 Å². The van der Waals surface area contributed by atoms with Gasteiger partial charge in [0.25, 0.3) is 0 Å². The molecule has 0 N–H and O–H groups in total. The van der Waals surface area contributed by atoms with Crippen LogP contribution in [0.3, 0.4) is 0 Å². The van der Waals surface area contributed by atoms with Crippen molar-refractivity contribution in [3.8, 4) is 28.8 Å². The Morgan fingerprint density at radius 3 is 1.92 bits per heavy atom. The summed E-state index contributed by atoms with van der Waals surface area (Å²) < 4.78 is 1.99. The predicted octanol–water partition coefficient (Wildman–Crippen LogP) is 5.25. The van der Waals surface area contributed by atoms with Gasteiger partial charge in [0, 0.05) is 11.1 Å². The third kappa shape index (κ3) is 3.16. The smallest absolute Gasteiger partial charge is 0.0900 e. The molecular formula is C24H18N2. The van der Waals surface area contributed by atoms with Crippen LogP contribution in [-0.4, -0.2) is 9.78 Å². The van der Waals surface area contributed by atoms with Crippen molar-refractivity contribution in [3.63, 3.8) is 0 Å². The molecule has 124 valence electrons. The first-order chi connectivity index (χ1) is 12.8. The van der Waals surface area contributed by atoms with E-state index in [0.29, 0.717) is 0 Å². The van der Waals surface area contributed by atoms with Gasteiger partial charge in [-0.05, 0) is 31.2 Å². The van der Waals surface area contributed by atoms with Crippen LogP contribution in [0.25, 0.3) is 16.9 Å². The molecule has 0 aliphatic rings. The van der Waals surface area contributed by atoms with Crippen LogP contribution in [0.15, 0.2) is 91.0 Å². The van der Waals surface area contributed by atoms with Crippen molar-refractivity contribution in [2.45, 2.75) is 6.92 Å². The van der Waals surface area contributed by atoms with Crippen molar-refractivity contribution in [2.75, 3.05) is 0 Å². The molecule has 2 nitrogen and oxygen atoms in total. The van der Waals surface area contributed by atoms with E-state index in [2.05, 4.69) is 36.1 Å². The first-order valence-electron chi connectivity index (χ1n) is 8.60. The largest absolute Gasteiger partial charge is 0.232 e. The van der Waals surface area contributed by atoms with Gasteiger partial charge in [0.05, 0.1) is 22.6 Å². The zero-order valence-corrected chi connectivity index (χ0v) is 14.6. The number of para-hydroxylation sites is 1. The fourth-order valence-electron chi connectivity index (χ4n) is 2.95. The van der Waals surface area contributed by atoms with Crippen molar-refractivity contribution in [1.82, 2.24) is 9.78 Å². The summed E-state index contributed by atoms with van der Waals surface area (Å²) in [4.78, 5) is 0. The van der Waals surface area contributed by atoms with E-state index >= 15 is 0 Å². The van der Waals surface area contributed by atoms with Crippen LogP contribution < -0.4 is 0 Å². The van der Waals surface area contributed by atoms with Crippen LogP contribution in [0.5, 0.6) is 0 Å². The number of aromatic nitrogens is 2. The van der Waals surface area contributed by atoms with Gasteiger partial charge in [0.15, 0.2) is 0 Å². The molecule has 0 fully saturated rings. The Balaban J connectivity index is 1.92. The average molecular weight is 334 g/mol. The highest BCUT2D eigenvalue weighted by molar-refractivity contribution is 5.71. The van der Waals surface area contributed by atoms with Crippen molar-refractivity contribution in [1.29, 1.82) is 0 Å². The van der Waals surface area contributed by atoms with Crippen LogP contribution in [-0.2, 0) is 0 Å². The molecular weight excluding hydrogens is 316 g/mol. The zero-order chi connectivity index (χ0) is 17.8.